The second-order valence-corrected chi connectivity index (χ2v) is 2.03. The maximum atomic E-state index is 9.04. The predicted octanol–water partition coefficient (Wildman–Crippen LogP) is 2.26. The van der Waals surface area contributed by atoms with E-state index >= 15 is 0 Å². The van der Waals surface area contributed by atoms with Crippen LogP contribution in [0.25, 0.3) is 0 Å². The first kappa shape index (κ1) is 9.69. The zero-order valence-corrected chi connectivity index (χ0v) is 6.91. The highest BCUT2D eigenvalue weighted by atomic mass is 16.3. The van der Waals surface area contributed by atoms with E-state index in [9.17, 15) is 0 Å². The summed E-state index contributed by atoms with van der Waals surface area (Å²) in [5, 5.41) is 9.04. The Morgan fingerprint density at radius 3 is 2.55 bits per heavy atom. The van der Waals surface area contributed by atoms with Gasteiger partial charge in [0.25, 0.3) is 0 Å². The van der Waals surface area contributed by atoms with Crippen molar-refractivity contribution < 1.29 is 5.11 Å². The molecule has 0 rings (SSSR count). The first-order chi connectivity index (χ1) is 5.20. The maximum Gasteiger partial charge on any atom is 0.115 e. The third-order valence-electron chi connectivity index (χ3n) is 1.14. The molecule has 0 radical (unpaired) electrons. The lowest BCUT2D eigenvalue weighted by molar-refractivity contribution is 0.433. The van der Waals surface area contributed by atoms with Crippen molar-refractivity contribution in [3.8, 4) is 0 Å². The molecule has 0 atom stereocenters. The fraction of sp³-hybridized carbons (Fsp3) is 0.222. The van der Waals surface area contributed by atoms with Crippen LogP contribution in [-0.2, 0) is 0 Å². The zero-order valence-electron chi connectivity index (χ0n) is 6.91. The van der Waals surface area contributed by atoms with E-state index < -0.39 is 0 Å². The van der Waals surface area contributed by atoms with E-state index in [1.165, 1.54) is 12.2 Å². The first-order valence-corrected chi connectivity index (χ1v) is 3.34. The van der Waals surface area contributed by atoms with Crippen LogP contribution in [0.2, 0.25) is 0 Å². The van der Waals surface area contributed by atoms with E-state index in [0.29, 0.717) is 0 Å². The van der Waals surface area contributed by atoms with Crippen LogP contribution < -0.4 is 0 Å². The third kappa shape index (κ3) is 5.15. The predicted molar refractivity (Wildman–Crippen MR) is 49.1 cm³/mol. The summed E-state index contributed by atoms with van der Waals surface area (Å²) in [7, 11) is 1.70. The average Bonchev–Trinajstić information content (AvgIpc) is 2.01. The second kappa shape index (κ2) is 5.47. The first-order valence-electron chi connectivity index (χ1n) is 3.34. The summed E-state index contributed by atoms with van der Waals surface area (Å²) in [6.45, 7) is 5.31. The van der Waals surface area contributed by atoms with Gasteiger partial charge in [0, 0.05) is 12.8 Å². The number of aliphatic hydroxyl groups is 1. The van der Waals surface area contributed by atoms with Gasteiger partial charge in [-0.3, -0.25) is 4.99 Å². The van der Waals surface area contributed by atoms with E-state index in [2.05, 4.69) is 11.6 Å². The molecule has 1 N–H and O–H groups in total. The van der Waals surface area contributed by atoms with E-state index in [1.807, 2.05) is 6.92 Å². The molecule has 2 heteroatoms. The molecular formula is C9H13NO. The standard InChI is InChI=1S/C9H13NO/c1-4-5-9(11)7-6-8(2)10-3/h4-7,11H,1H2,2-3H3/b7-6+,9-5-,10-8?. The van der Waals surface area contributed by atoms with E-state index in [4.69, 9.17) is 5.11 Å². The quantitative estimate of drug-likeness (QED) is 0.374. The molecule has 0 amide bonds. The van der Waals surface area contributed by atoms with Gasteiger partial charge >= 0.3 is 0 Å². The van der Waals surface area contributed by atoms with Gasteiger partial charge in [-0.25, -0.2) is 0 Å². The minimum Gasteiger partial charge on any atom is -0.508 e. The van der Waals surface area contributed by atoms with Gasteiger partial charge in [-0.2, -0.15) is 0 Å². The van der Waals surface area contributed by atoms with Crippen molar-refractivity contribution in [3.05, 3.63) is 36.6 Å². The fourth-order valence-electron chi connectivity index (χ4n) is 0.457. The maximum absolute atomic E-state index is 9.04. The lowest BCUT2D eigenvalue weighted by atomic mass is 10.3. The topological polar surface area (TPSA) is 32.6 Å². The summed E-state index contributed by atoms with van der Waals surface area (Å²) in [6, 6.07) is 0. The monoisotopic (exact) mass is 151 g/mol. The molecule has 2 nitrogen and oxygen atoms in total. The Labute approximate surface area is 67.3 Å². The van der Waals surface area contributed by atoms with Gasteiger partial charge in [-0.1, -0.05) is 12.7 Å². The molecule has 0 aliphatic rings. The van der Waals surface area contributed by atoms with Crippen molar-refractivity contribution in [2.45, 2.75) is 6.92 Å². The fourth-order valence-corrected chi connectivity index (χ4v) is 0.457. The van der Waals surface area contributed by atoms with Crippen LogP contribution in [0.15, 0.2) is 41.6 Å². The van der Waals surface area contributed by atoms with E-state index in [-0.39, 0.29) is 5.76 Å². The summed E-state index contributed by atoms with van der Waals surface area (Å²) in [5.41, 5.74) is 0.869. The Bertz CT molecular complexity index is 212. The molecule has 11 heavy (non-hydrogen) atoms. The molecular weight excluding hydrogens is 138 g/mol. The van der Waals surface area contributed by atoms with Gasteiger partial charge in [0.05, 0.1) is 0 Å². The number of hydrogen-bond donors (Lipinski definition) is 1. The summed E-state index contributed by atoms with van der Waals surface area (Å²) in [4.78, 5) is 3.89. The number of nitrogens with zero attached hydrogens (tertiary/aromatic N) is 1. The minimum atomic E-state index is 0.183. The molecule has 0 aromatic rings. The highest BCUT2D eigenvalue weighted by Gasteiger charge is 1.82. The zero-order chi connectivity index (χ0) is 8.69. The van der Waals surface area contributed by atoms with Crippen LogP contribution in [0.5, 0.6) is 0 Å². The lowest BCUT2D eigenvalue weighted by Gasteiger charge is -1.88. The Morgan fingerprint density at radius 1 is 1.45 bits per heavy atom. The van der Waals surface area contributed by atoms with Gasteiger partial charge in [0.15, 0.2) is 0 Å². The van der Waals surface area contributed by atoms with Crippen LogP contribution in [-0.4, -0.2) is 17.9 Å². The Kier molecular flexibility index (Phi) is 4.82. The summed E-state index contributed by atoms with van der Waals surface area (Å²) >= 11 is 0. The molecule has 0 aromatic carbocycles. The molecule has 0 saturated carbocycles. The Morgan fingerprint density at radius 2 is 2.09 bits per heavy atom. The SMILES string of the molecule is C=C/C=C(O)/C=C/C(C)=NC. The van der Waals surface area contributed by atoms with Crippen LogP contribution in [0.4, 0.5) is 0 Å². The highest BCUT2D eigenvalue weighted by Crippen LogP contribution is 1.91. The smallest absolute Gasteiger partial charge is 0.115 e. The molecule has 0 aliphatic carbocycles. The molecule has 0 unspecified atom stereocenters. The molecule has 0 aliphatic heterocycles. The largest absolute Gasteiger partial charge is 0.508 e. The van der Waals surface area contributed by atoms with Crippen LogP contribution in [0.3, 0.4) is 0 Å². The van der Waals surface area contributed by atoms with Crippen molar-refractivity contribution in [2.24, 2.45) is 4.99 Å². The lowest BCUT2D eigenvalue weighted by Crippen LogP contribution is -1.83. The highest BCUT2D eigenvalue weighted by molar-refractivity contribution is 5.92. The van der Waals surface area contributed by atoms with Gasteiger partial charge in [0.2, 0.25) is 0 Å². The van der Waals surface area contributed by atoms with Gasteiger partial charge in [-0.05, 0) is 25.2 Å². The van der Waals surface area contributed by atoms with Crippen molar-refractivity contribution >= 4 is 5.71 Å². The van der Waals surface area contributed by atoms with Crippen molar-refractivity contribution in [2.75, 3.05) is 7.05 Å². The number of aliphatic hydroxyl groups excluding tert-OH is 1. The van der Waals surface area contributed by atoms with Crippen molar-refractivity contribution in [1.29, 1.82) is 0 Å². The minimum absolute atomic E-state index is 0.183. The molecule has 0 spiro atoms. The van der Waals surface area contributed by atoms with Gasteiger partial charge < -0.3 is 5.11 Å². The Hall–Kier alpha value is -1.31. The number of aliphatic imine (C=N–C) groups is 1. The summed E-state index contributed by atoms with van der Waals surface area (Å²) in [5.74, 6) is 0.183. The number of rotatable bonds is 3. The second-order valence-electron chi connectivity index (χ2n) is 2.03. The van der Waals surface area contributed by atoms with Crippen LogP contribution in [0, 0.1) is 0 Å². The average molecular weight is 151 g/mol. The molecule has 0 fully saturated rings. The van der Waals surface area contributed by atoms with Gasteiger partial charge in [0.1, 0.15) is 5.76 Å². The molecule has 0 aromatic heterocycles. The van der Waals surface area contributed by atoms with Crippen molar-refractivity contribution in [3.63, 3.8) is 0 Å². The van der Waals surface area contributed by atoms with Gasteiger partial charge in [-0.15, -0.1) is 0 Å². The van der Waals surface area contributed by atoms with E-state index in [0.717, 1.165) is 5.71 Å². The van der Waals surface area contributed by atoms with Crippen LogP contribution in [0.1, 0.15) is 6.92 Å². The number of allylic oxidation sites excluding steroid dienone is 4. The molecule has 0 bridgehead atoms. The summed E-state index contributed by atoms with van der Waals surface area (Å²) in [6.07, 6.45) is 6.34. The molecule has 60 valence electrons. The molecule has 0 heterocycles. The summed E-state index contributed by atoms with van der Waals surface area (Å²) < 4.78 is 0. The van der Waals surface area contributed by atoms with Crippen LogP contribution >= 0.6 is 0 Å². The molecule has 0 saturated heterocycles. The van der Waals surface area contributed by atoms with E-state index in [1.54, 1.807) is 19.2 Å². The number of hydrogen-bond acceptors (Lipinski definition) is 2. The van der Waals surface area contributed by atoms with Crippen molar-refractivity contribution in [1.82, 2.24) is 0 Å². The Balaban J connectivity index is 4.13. The normalized spacial score (nSPS) is 14.0. The third-order valence-corrected chi connectivity index (χ3v) is 1.14.